The van der Waals surface area contributed by atoms with Crippen LogP contribution < -0.4 is 5.32 Å². The summed E-state index contributed by atoms with van der Waals surface area (Å²) in [6.45, 7) is 2.24. The Kier molecular flexibility index (Phi) is 6.01. The van der Waals surface area contributed by atoms with Crippen molar-refractivity contribution >= 4 is 17.8 Å². The molecule has 25 heavy (non-hydrogen) atoms. The minimum absolute atomic E-state index is 0.0298. The van der Waals surface area contributed by atoms with Crippen LogP contribution in [-0.4, -0.2) is 48.9 Å². The lowest BCUT2D eigenvalue weighted by Gasteiger charge is -2.36. The zero-order chi connectivity index (χ0) is 17.6. The van der Waals surface area contributed by atoms with Gasteiger partial charge in [-0.25, -0.2) is 14.8 Å². The summed E-state index contributed by atoms with van der Waals surface area (Å²) in [7, 11) is 1.98. The summed E-state index contributed by atoms with van der Waals surface area (Å²) >= 11 is 1.61. The molecule has 1 N–H and O–H groups in total. The Hall–Kier alpha value is -1.96. The van der Waals surface area contributed by atoms with Crippen LogP contribution in [0.3, 0.4) is 0 Å². The van der Waals surface area contributed by atoms with Gasteiger partial charge >= 0.3 is 6.03 Å². The van der Waals surface area contributed by atoms with E-state index in [9.17, 15) is 4.79 Å². The highest BCUT2D eigenvalue weighted by Crippen LogP contribution is 2.21. The fourth-order valence-electron chi connectivity index (χ4n) is 3.33. The number of likely N-dealkylation sites (tertiary alicyclic amines) is 1. The Labute approximate surface area is 152 Å². The highest BCUT2D eigenvalue weighted by molar-refractivity contribution is 7.98. The van der Waals surface area contributed by atoms with Gasteiger partial charge < -0.3 is 19.4 Å². The molecule has 2 amide bonds. The molecular formula is C17H26N6OS. The second kappa shape index (κ2) is 8.42. The van der Waals surface area contributed by atoms with E-state index in [0.717, 1.165) is 43.2 Å². The number of aromatic nitrogens is 4. The molecule has 0 unspecified atom stereocenters. The van der Waals surface area contributed by atoms with Gasteiger partial charge in [-0.3, -0.25) is 0 Å². The molecule has 0 saturated carbocycles. The number of carbonyl (C=O) groups excluding carboxylic acids is 1. The number of hydrogen-bond donors (Lipinski definition) is 1. The Morgan fingerprint density at radius 1 is 1.44 bits per heavy atom. The fourth-order valence-corrected chi connectivity index (χ4v) is 3.88. The summed E-state index contributed by atoms with van der Waals surface area (Å²) in [5.74, 6) is 0. The Morgan fingerprint density at radius 2 is 2.32 bits per heavy atom. The standard InChI is InChI=1S/C17H26N6OS/c1-21-15(12-20-17(21)25-2)11-19-16(24)23-8-4-3-5-14(23)6-9-22-10-7-18-13-22/h7,10,12-14H,3-6,8-9,11H2,1-2H3,(H,19,24)/t14-/m1/s1. The van der Waals surface area contributed by atoms with Gasteiger partial charge in [-0.1, -0.05) is 11.8 Å². The summed E-state index contributed by atoms with van der Waals surface area (Å²) in [6, 6.07) is 0.326. The first-order valence-electron chi connectivity index (χ1n) is 8.74. The van der Waals surface area contributed by atoms with Crippen LogP contribution in [0.1, 0.15) is 31.4 Å². The lowest BCUT2D eigenvalue weighted by atomic mass is 10.00. The number of imidazole rings is 2. The average Bonchev–Trinajstić information content (AvgIpc) is 3.28. The zero-order valence-corrected chi connectivity index (χ0v) is 15.7. The molecule has 1 saturated heterocycles. The SMILES string of the molecule is CSc1ncc(CNC(=O)N2CCCC[C@@H]2CCn2ccnc2)n1C. The molecule has 0 radical (unpaired) electrons. The molecule has 1 fully saturated rings. The first-order chi connectivity index (χ1) is 12.2. The molecule has 3 heterocycles. The molecule has 2 aromatic heterocycles. The van der Waals surface area contributed by atoms with E-state index in [2.05, 4.69) is 19.9 Å². The van der Waals surface area contributed by atoms with Crippen LogP contribution in [0.15, 0.2) is 30.1 Å². The number of rotatable bonds is 6. The van der Waals surface area contributed by atoms with Crippen molar-refractivity contribution in [1.82, 2.24) is 29.3 Å². The minimum Gasteiger partial charge on any atom is -0.337 e. The van der Waals surface area contributed by atoms with E-state index in [1.807, 2.05) is 41.5 Å². The molecule has 0 aliphatic carbocycles. The van der Waals surface area contributed by atoms with Crippen LogP contribution >= 0.6 is 11.8 Å². The first-order valence-corrected chi connectivity index (χ1v) is 9.96. The van der Waals surface area contributed by atoms with E-state index in [1.165, 1.54) is 6.42 Å². The largest absolute Gasteiger partial charge is 0.337 e. The molecule has 0 aromatic carbocycles. The van der Waals surface area contributed by atoms with E-state index in [1.54, 1.807) is 18.0 Å². The van der Waals surface area contributed by atoms with E-state index >= 15 is 0 Å². The van der Waals surface area contributed by atoms with Crippen LogP contribution in [0.2, 0.25) is 0 Å². The smallest absolute Gasteiger partial charge is 0.317 e. The van der Waals surface area contributed by atoms with Crippen molar-refractivity contribution < 1.29 is 4.79 Å². The number of piperidine rings is 1. The van der Waals surface area contributed by atoms with Crippen LogP contribution in [0.25, 0.3) is 0 Å². The summed E-state index contributed by atoms with van der Waals surface area (Å²) in [5.41, 5.74) is 1.02. The van der Waals surface area contributed by atoms with Crippen LogP contribution in [-0.2, 0) is 20.1 Å². The van der Waals surface area contributed by atoms with Crippen LogP contribution in [0, 0.1) is 0 Å². The summed E-state index contributed by atoms with van der Waals surface area (Å²) in [6.07, 6.45) is 13.7. The fraction of sp³-hybridized carbons (Fsp3) is 0.588. The third-order valence-electron chi connectivity index (χ3n) is 4.81. The first kappa shape index (κ1) is 17.8. The second-order valence-electron chi connectivity index (χ2n) is 6.39. The van der Waals surface area contributed by atoms with Crippen molar-refractivity contribution in [3.8, 4) is 0 Å². The van der Waals surface area contributed by atoms with Crippen molar-refractivity contribution in [2.45, 2.75) is 50.0 Å². The zero-order valence-electron chi connectivity index (χ0n) is 14.9. The second-order valence-corrected chi connectivity index (χ2v) is 7.16. The number of urea groups is 1. The normalized spacial score (nSPS) is 17.7. The van der Waals surface area contributed by atoms with Gasteiger partial charge in [0.2, 0.25) is 0 Å². The maximum Gasteiger partial charge on any atom is 0.317 e. The summed E-state index contributed by atoms with van der Waals surface area (Å²) in [5, 5.41) is 4.03. The Morgan fingerprint density at radius 3 is 3.04 bits per heavy atom. The monoisotopic (exact) mass is 362 g/mol. The van der Waals surface area contributed by atoms with Gasteiger partial charge in [0.1, 0.15) is 0 Å². The molecule has 3 rings (SSSR count). The van der Waals surface area contributed by atoms with Gasteiger partial charge in [-0.05, 0) is 31.9 Å². The third-order valence-corrected chi connectivity index (χ3v) is 5.56. The molecule has 1 atom stereocenters. The van der Waals surface area contributed by atoms with Gasteiger partial charge in [0.05, 0.1) is 24.8 Å². The third kappa shape index (κ3) is 4.36. The number of nitrogens with one attached hydrogen (secondary N) is 1. The number of thioether (sulfide) groups is 1. The van der Waals surface area contributed by atoms with Gasteiger partial charge in [-0.15, -0.1) is 0 Å². The molecule has 136 valence electrons. The van der Waals surface area contributed by atoms with Crippen molar-refractivity contribution in [2.24, 2.45) is 7.05 Å². The van der Waals surface area contributed by atoms with E-state index in [-0.39, 0.29) is 6.03 Å². The molecule has 1 aliphatic rings. The summed E-state index contributed by atoms with van der Waals surface area (Å²) < 4.78 is 4.10. The number of aryl methyl sites for hydroxylation is 1. The van der Waals surface area contributed by atoms with E-state index in [4.69, 9.17) is 0 Å². The lowest BCUT2D eigenvalue weighted by Crippen LogP contribution is -2.48. The van der Waals surface area contributed by atoms with Crippen molar-refractivity contribution in [2.75, 3.05) is 12.8 Å². The molecule has 1 aliphatic heterocycles. The van der Waals surface area contributed by atoms with Crippen molar-refractivity contribution in [1.29, 1.82) is 0 Å². The van der Waals surface area contributed by atoms with Crippen molar-refractivity contribution in [3.05, 3.63) is 30.6 Å². The Balaban J connectivity index is 1.55. The topological polar surface area (TPSA) is 68.0 Å². The predicted molar refractivity (Wildman–Crippen MR) is 98.4 cm³/mol. The molecule has 0 bridgehead atoms. The average molecular weight is 363 g/mol. The highest BCUT2D eigenvalue weighted by Gasteiger charge is 2.26. The van der Waals surface area contributed by atoms with E-state index < -0.39 is 0 Å². The number of nitrogens with zero attached hydrogens (tertiary/aromatic N) is 5. The molecule has 0 spiro atoms. The number of carbonyl (C=O) groups is 1. The van der Waals surface area contributed by atoms with Crippen LogP contribution in [0.5, 0.6) is 0 Å². The Bertz CT molecular complexity index is 683. The molecule has 7 nitrogen and oxygen atoms in total. The minimum atomic E-state index is 0.0298. The molecule has 8 heteroatoms. The molecule has 2 aromatic rings. The summed E-state index contributed by atoms with van der Waals surface area (Å²) in [4.78, 5) is 23.1. The van der Waals surface area contributed by atoms with E-state index in [0.29, 0.717) is 12.6 Å². The van der Waals surface area contributed by atoms with Gasteiger partial charge in [-0.2, -0.15) is 0 Å². The van der Waals surface area contributed by atoms with Gasteiger partial charge in [0.25, 0.3) is 0 Å². The van der Waals surface area contributed by atoms with Crippen molar-refractivity contribution in [3.63, 3.8) is 0 Å². The number of amides is 2. The maximum absolute atomic E-state index is 12.7. The maximum atomic E-state index is 12.7. The van der Waals surface area contributed by atoms with Gasteiger partial charge in [0, 0.05) is 38.6 Å². The quantitative estimate of drug-likeness (QED) is 0.802. The predicted octanol–water partition coefficient (Wildman–Crippen LogP) is 2.49. The highest BCUT2D eigenvalue weighted by atomic mass is 32.2. The van der Waals surface area contributed by atoms with Crippen LogP contribution in [0.4, 0.5) is 4.79 Å². The number of hydrogen-bond acceptors (Lipinski definition) is 4. The molecular weight excluding hydrogens is 336 g/mol. The van der Waals surface area contributed by atoms with Gasteiger partial charge in [0.15, 0.2) is 5.16 Å². The lowest BCUT2D eigenvalue weighted by molar-refractivity contribution is 0.143.